The summed E-state index contributed by atoms with van der Waals surface area (Å²) in [5, 5.41) is 0.565. The number of halogens is 1. The van der Waals surface area contributed by atoms with Gasteiger partial charge in [-0.1, -0.05) is 17.7 Å². The van der Waals surface area contributed by atoms with Crippen molar-refractivity contribution in [1.29, 1.82) is 0 Å². The van der Waals surface area contributed by atoms with E-state index in [-0.39, 0.29) is 5.91 Å². The van der Waals surface area contributed by atoms with Gasteiger partial charge in [0, 0.05) is 29.1 Å². The minimum atomic E-state index is -0.485. The third kappa shape index (κ3) is 2.55. The molecule has 4 nitrogen and oxygen atoms in total. The monoisotopic (exact) mass is 321 g/mol. The molecule has 1 aromatic rings. The van der Waals surface area contributed by atoms with E-state index in [2.05, 4.69) is 0 Å². The van der Waals surface area contributed by atoms with E-state index in [9.17, 15) is 4.79 Å². The Labute approximate surface area is 136 Å². The zero-order valence-corrected chi connectivity index (χ0v) is 14.2. The fraction of sp³-hybridized carbons (Fsp3) is 0.562. The van der Waals surface area contributed by atoms with Gasteiger partial charge in [0.1, 0.15) is 0 Å². The standard InChI is InChI=1S/C16H21BClNO3/c1-15(2)16(3,4)22-17(21-15)12-8-7-11(10-13(12)18)19-9-5-6-14(19)20/h7-8,10H,5-6,9H2,1-4H3. The molecule has 1 aromatic carbocycles. The first kappa shape index (κ1) is 15.8. The van der Waals surface area contributed by atoms with Crippen LogP contribution in [-0.4, -0.2) is 30.8 Å². The molecule has 0 N–H and O–H groups in total. The van der Waals surface area contributed by atoms with Crippen molar-refractivity contribution in [3.63, 3.8) is 0 Å². The summed E-state index contributed by atoms with van der Waals surface area (Å²) in [4.78, 5) is 13.6. The number of anilines is 1. The molecule has 0 unspecified atom stereocenters. The van der Waals surface area contributed by atoms with E-state index in [1.807, 2.05) is 45.9 Å². The second-order valence-corrected chi connectivity index (χ2v) is 7.35. The predicted molar refractivity (Wildman–Crippen MR) is 88.8 cm³/mol. The molecule has 2 saturated heterocycles. The zero-order valence-electron chi connectivity index (χ0n) is 13.5. The molecule has 2 aliphatic rings. The van der Waals surface area contributed by atoms with Gasteiger partial charge in [0.15, 0.2) is 0 Å². The number of carbonyl (C=O) groups excluding carboxylic acids is 1. The number of nitrogens with zero attached hydrogens (tertiary/aromatic N) is 1. The highest BCUT2D eigenvalue weighted by molar-refractivity contribution is 6.65. The molecule has 1 amide bonds. The maximum absolute atomic E-state index is 11.8. The number of benzene rings is 1. The Morgan fingerprint density at radius 1 is 1.18 bits per heavy atom. The molecule has 3 rings (SSSR count). The van der Waals surface area contributed by atoms with Crippen LogP contribution in [0.2, 0.25) is 5.02 Å². The van der Waals surface area contributed by atoms with Crippen LogP contribution in [0.25, 0.3) is 0 Å². The van der Waals surface area contributed by atoms with Gasteiger partial charge in [0.25, 0.3) is 0 Å². The summed E-state index contributed by atoms with van der Waals surface area (Å²) >= 11 is 6.42. The van der Waals surface area contributed by atoms with Crippen LogP contribution in [0.15, 0.2) is 18.2 Å². The molecule has 2 heterocycles. The lowest BCUT2D eigenvalue weighted by atomic mass is 9.79. The van der Waals surface area contributed by atoms with Crippen LogP contribution in [0.5, 0.6) is 0 Å². The van der Waals surface area contributed by atoms with Crippen molar-refractivity contribution >= 4 is 35.8 Å². The Morgan fingerprint density at radius 3 is 2.32 bits per heavy atom. The quantitative estimate of drug-likeness (QED) is 0.786. The molecule has 0 atom stereocenters. The molecular formula is C16H21BClNO3. The lowest BCUT2D eigenvalue weighted by Crippen LogP contribution is -2.41. The number of amides is 1. The minimum absolute atomic E-state index is 0.152. The van der Waals surface area contributed by atoms with Crippen molar-refractivity contribution in [3.05, 3.63) is 23.2 Å². The van der Waals surface area contributed by atoms with Crippen LogP contribution >= 0.6 is 11.6 Å². The average Bonchev–Trinajstić information content (AvgIpc) is 2.91. The van der Waals surface area contributed by atoms with E-state index in [0.29, 0.717) is 11.4 Å². The van der Waals surface area contributed by atoms with Crippen molar-refractivity contribution in [3.8, 4) is 0 Å². The maximum atomic E-state index is 11.8. The summed E-state index contributed by atoms with van der Waals surface area (Å²) in [6, 6.07) is 5.63. The van der Waals surface area contributed by atoms with Crippen molar-refractivity contribution in [2.75, 3.05) is 11.4 Å². The first-order chi connectivity index (χ1) is 10.2. The topological polar surface area (TPSA) is 38.8 Å². The summed E-state index contributed by atoms with van der Waals surface area (Å²) in [5.74, 6) is 0.152. The van der Waals surface area contributed by atoms with Crippen LogP contribution in [0.4, 0.5) is 5.69 Å². The fourth-order valence-corrected chi connectivity index (χ4v) is 3.03. The number of carbonyl (C=O) groups is 1. The fourth-order valence-electron chi connectivity index (χ4n) is 2.77. The number of hydrogen-bond acceptors (Lipinski definition) is 3. The van der Waals surface area contributed by atoms with Gasteiger partial charge in [0.05, 0.1) is 11.2 Å². The SMILES string of the molecule is CC1(C)OB(c2ccc(N3CCCC3=O)cc2Cl)OC1(C)C. The van der Waals surface area contributed by atoms with Crippen LogP contribution < -0.4 is 10.4 Å². The molecule has 0 saturated carbocycles. The van der Waals surface area contributed by atoms with Crippen LogP contribution in [0.3, 0.4) is 0 Å². The van der Waals surface area contributed by atoms with Crippen molar-refractivity contribution in [1.82, 2.24) is 0 Å². The number of rotatable bonds is 2. The summed E-state index contributed by atoms with van der Waals surface area (Å²) in [7, 11) is -0.485. The average molecular weight is 322 g/mol. The smallest absolute Gasteiger partial charge is 0.399 e. The van der Waals surface area contributed by atoms with Crippen molar-refractivity contribution in [2.24, 2.45) is 0 Å². The second-order valence-electron chi connectivity index (χ2n) is 6.94. The van der Waals surface area contributed by atoms with Gasteiger partial charge in [-0.3, -0.25) is 4.79 Å². The minimum Gasteiger partial charge on any atom is -0.399 e. The lowest BCUT2D eigenvalue weighted by Gasteiger charge is -2.32. The van der Waals surface area contributed by atoms with E-state index in [4.69, 9.17) is 20.9 Å². The van der Waals surface area contributed by atoms with Gasteiger partial charge < -0.3 is 14.2 Å². The van der Waals surface area contributed by atoms with Gasteiger partial charge >= 0.3 is 7.12 Å². The van der Waals surface area contributed by atoms with Crippen LogP contribution in [0, 0.1) is 0 Å². The first-order valence-electron chi connectivity index (χ1n) is 7.67. The predicted octanol–water partition coefficient (Wildman–Crippen LogP) is 2.77. The molecule has 0 spiro atoms. The van der Waals surface area contributed by atoms with Gasteiger partial charge in [0.2, 0.25) is 5.91 Å². The Balaban J connectivity index is 1.86. The first-order valence-corrected chi connectivity index (χ1v) is 8.04. The number of hydrogen-bond donors (Lipinski definition) is 0. The highest BCUT2D eigenvalue weighted by atomic mass is 35.5. The molecule has 2 fully saturated rings. The van der Waals surface area contributed by atoms with E-state index in [1.165, 1.54) is 0 Å². The zero-order chi connectivity index (χ0) is 16.1. The normalized spacial score (nSPS) is 23.4. The molecule has 0 aliphatic carbocycles. The van der Waals surface area contributed by atoms with Gasteiger partial charge in [-0.15, -0.1) is 0 Å². The van der Waals surface area contributed by atoms with Crippen LogP contribution in [0.1, 0.15) is 40.5 Å². The molecule has 0 bridgehead atoms. The summed E-state index contributed by atoms with van der Waals surface area (Å²) < 4.78 is 12.1. The maximum Gasteiger partial charge on any atom is 0.496 e. The van der Waals surface area contributed by atoms with Gasteiger partial charge in [-0.25, -0.2) is 0 Å². The highest BCUT2D eigenvalue weighted by Crippen LogP contribution is 2.37. The molecule has 0 radical (unpaired) electrons. The Kier molecular flexibility index (Phi) is 3.79. The van der Waals surface area contributed by atoms with E-state index in [0.717, 1.165) is 24.1 Å². The molecule has 118 valence electrons. The molecule has 0 aromatic heterocycles. The lowest BCUT2D eigenvalue weighted by molar-refractivity contribution is -0.117. The second kappa shape index (κ2) is 5.26. The molecule has 2 aliphatic heterocycles. The van der Waals surface area contributed by atoms with Gasteiger partial charge in [-0.05, 0) is 46.2 Å². The molecule has 6 heteroatoms. The molecule has 22 heavy (non-hydrogen) atoms. The summed E-state index contributed by atoms with van der Waals surface area (Å²) in [6.07, 6.45) is 1.51. The van der Waals surface area contributed by atoms with E-state index < -0.39 is 18.3 Å². The van der Waals surface area contributed by atoms with Crippen molar-refractivity contribution < 1.29 is 14.1 Å². The summed E-state index contributed by atoms with van der Waals surface area (Å²) in [5.41, 5.74) is 0.846. The Morgan fingerprint density at radius 2 is 1.82 bits per heavy atom. The van der Waals surface area contributed by atoms with E-state index >= 15 is 0 Å². The van der Waals surface area contributed by atoms with Gasteiger partial charge in [-0.2, -0.15) is 0 Å². The van der Waals surface area contributed by atoms with Crippen LogP contribution in [-0.2, 0) is 14.1 Å². The highest BCUT2D eigenvalue weighted by Gasteiger charge is 2.52. The Hall–Kier alpha value is -1.04. The Bertz CT molecular complexity index is 601. The molecular weight excluding hydrogens is 300 g/mol. The third-order valence-corrected chi connectivity index (χ3v) is 5.20. The van der Waals surface area contributed by atoms with E-state index in [1.54, 1.807) is 4.90 Å². The summed E-state index contributed by atoms with van der Waals surface area (Å²) in [6.45, 7) is 8.80. The van der Waals surface area contributed by atoms with Crippen molar-refractivity contribution in [2.45, 2.75) is 51.7 Å². The third-order valence-electron chi connectivity index (χ3n) is 4.88. The largest absolute Gasteiger partial charge is 0.496 e.